The zero-order chi connectivity index (χ0) is 27.5. The summed E-state index contributed by atoms with van der Waals surface area (Å²) in [5, 5.41) is 17.1. The van der Waals surface area contributed by atoms with Crippen molar-refractivity contribution >= 4 is 12.2 Å². The molecule has 2 aromatic carbocycles. The quantitative estimate of drug-likeness (QED) is 0.199. The molecule has 8 nitrogen and oxygen atoms in total. The number of ether oxygens (including phenoxy) is 2. The van der Waals surface area contributed by atoms with Crippen molar-refractivity contribution in [3.63, 3.8) is 0 Å². The maximum absolute atomic E-state index is 12.3. The van der Waals surface area contributed by atoms with Crippen molar-refractivity contribution in [1.29, 1.82) is 0 Å². The van der Waals surface area contributed by atoms with Gasteiger partial charge < -0.3 is 19.0 Å². The zero-order valence-electron chi connectivity index (χ0n) is 21.2. The Morgan fingerprint density at radius 1 is 0.897 bits per heavy atom. The van der Waals surface area contributed by atoms with Gasteiger partial charge in [0.1, 0.15) is 30.1 Å². The Hall–Kier alpha value is -4.12. The molecule has 0 fully saturated rings. The highest BCUT2D eigenvalue weighted by Gasteiger charge is 2.30. The van der Waals surface area contributed by atoms with Crippen LogP contribution in [0.4, 0.5) is 13.2 Å². The van der Waals surface area contributed by atoms with Crippen molar-refractivity contribution in [1.82, 2.24) is 20.0 Å². The van der Waals surface area contributed by atoms with E-state index in [1.165, 1.54) is 36.1 Å². The Kier molecular flexibility index (Phi) is 9.74. The van der Waals surface area contributed by atoms with Crippen molar-refractivity contribution in [3.8, 4) is 11.5 Å². The van der Waals surface area contributed by atoms with E-state index in [1.54, 1.807) is 16.8 Å². The number of alkyl halides is 3. The van der Waals surface area contributed by atoms with Crippen LogP contribution in [0.3, 0.4) is 0 Å². The first-order valence-corrected chi connectivity index (χ1v) is 12.6. The van der Waals surface area contributed by atoms with Crippen LogP contribution in [0.15, 0.2) is 65.4 Å². The van der Waals surface area contributed by atoms with Gasteiger partial charge in [0.05, 0.1) is 5.69 Å². The summed E-state index contributed by atoms with van der Waals surface area (Å²) in [5.74, 6) is 0.795. The predicted octanol–water partition coefficient (Wildman–Crippen LogP) is 5.86. The molecule has 1 N–H and O–H groups in total. The van der Waals surface area contributed by atoms with Gasteiger partial charge in [0, 0.05) is 25.4 Å². The van der Waals surface area contributed by atoms with E-state index in [-0.39, 0.29) is 19.0 Å². The minimum atomic E-state index is -4.72. The Morgan fingerprint density at radius 3 is 2.38 bits per heavy atom. The van der Waals surface area contributed by atoms with Crippen molar-refractivity contribution in [2.24, 2.45) is 0 Å². The highest BCUT2D eigenvalue weighted by Crippen LogP contribution is 2.23. The number of halogens is 3. The second kappa shape index (κ2) is 13.6. The second-order valence-corrected chi connectivity index (χ2v) is 8.82. The van der Waals surface area contributed by atoms with E-state index in [0.29, 0.717) is 30.1 Å². The van der Waals surface area contributed by atoms with Gasteiger partial charge in [-0.1, -0.05) is 29.5 Å². The molecule has 0 saturated heterocycles. The molecule has 0 saturated carbocycles. The maximum atomic E-state index is 12.3. The van der Waals surface area contributed by atoms with Gasteiger partial charge in [0.15, 0.2) is 0 Å². The van der Waals surface area contributed by atoms with Gasteiger partial charge >= 0.3 is 6.36 Å². The van der Waals surface area contributed by atoms with Gasteiger partial charge in [-0.2, -0.15) is 0 Å². The summed E-state index contributed by atoms with van der Waals surface area (Å²) < 4.78 is 53.6. The minimum absolute atomic E-state index is 0.147. The molecule has 4 rings (SSSR count). The predicted molar refractivity (Wildman–Crippen MR) is 138 cm³/mol. The van der Waals surface area contributed by atoms with Crippen molar-refractivity contribution in [2.45, 2.75) is 51.6 Å². The molecule has 0 spiro atoms. The van der Waals surface area contributed by atoms with E-state index in [2.05, 4.69) is 20.0 Å². The highest BCUT2D eigenvalue weighted by molar-refractivity contribution is 5.66. The lowest BCUT2D eigenvalue weighted by molar-refractivity contribution is -0.274. The van der Waals surface area contributed by atoms with E-state index in [9.17, 15) is 13.2 Å². The van der Waals surface area contributed by atoms with E-state index >= 15 is 0 Å². The summed E-state index contributed by atoms with van der Waals surface area (Å²) in [5.41, 5.74) is 3.47. The Bertz CT molecular complexity index is 1320. The third-order valence-corrected chi connectivity index (χ3v) is 5.69. The van der Waals surface area contributed by atoms with Gasteiger partial charge in [-0.15, -0.1) is 18.3 Å². The number of rotatable bonds is 14. The van der Waals surface area contributed by atoms with Gasteiger partial charge in [-0.3, -0.25) is 4.68 Å². The third-order valence-electron chi connectivity index (χ3n) is 5.69. The molecule has 0 aliphatic heterocycles. The monoisotopic (exact) mass is 542 g/mol. The van der Waals surface area contributed by atoms with Crippen LogP contribution in [0, 0.1) is 0 Å². The van der Waals surface area contributed by atoms with Crippen LogP contribution in [0.1, 0.15) is 47.7 Å². The topological polar surface area (TPSA) is 95.4 Å². The number of aliphatic hydroxyl groups excluding tert-OH is 1. The molecule has 0 unspecified atom stereocenters. The molecule has 206 valence electrons. The number of aryl methyl sites for hydroxylation is 3. The van der Waals surface area contributed by atoms with Crippen LogP contribution in [0.2, 0.25) is 0 Å². The molecule has 39 heavy (non-hydrogen) atoms. The SMILES string of the molecule is OCCCn1cc(CCCCc2ccc(OCc3coc(C=Cc4ccc(OC(F)(F)F)cc4)n3)cc2)nn1. The largest absolute Gasteiger partial charge is 0.573 e. The van der Waals surface area contributed by atoms with Gasteiger partial charge in [0.2, 0.25) is 5.89 Å². The fourth-order valence-electron chi connectivity index (χ4n) is 3.75. The lowest BCUT2D eigenvalue weighted by atomic mass is 10.1. The number of unbranched alkanes of at least 4 members (excludes halogenated alkanes) is 1. The van der Waals surface area contributed by atoms with E-state index in [1.807, 2.05) is 30.5 Å². The molecule has 2 heterocycles. The first-order chi connectivity index (χ1) is 18.9. The molecule has 0 amide bonds. The number of aromatic nitrogens is 4. The summed E-state index contributed by atoms with van der Waals surface area (Å²) in [6.45, 7) is 1.06. The number of benzene rings is 2. The molecule has 11 heteroatoms. The summed E-state index contributed by atoms with van der Waals surface area (Å²) in [6, 6.07) is 13.4. The van der Waals surface area contributed by atoms with Gasteiger partial charge in [0.25, 0.3) is 0 Å². The maximum Gasteiger partial charge on any atom is 0.573 e. The van der Waals surface area contributed by atoms with E-state index in [4.69, 9.17) is 14.3 Å². The zero-order valence-corrected chi connectivity index (χ0v) is 21.2. The molecular formula is C28H29F3N4O4. The second-order valence-electron chi connectivity index (χ2n) is 8.82. The van der Waals surface area contributed by atoms with E-state index in [0.717, 1.165) is 37.1 Å². The highest BCUT2D eigenvalue weighted by atomic mass is 19.4. The van der Waals surface area contributed by atoms with Crippen LogP contribution >= 0.6 is 0 Å². The summed E-state index contributed by atoms with van der Waals surface area (Å²) in [7, 11) is 0. The standard InChI is InChI=1S/C28H29F3N4O4/c29-28(30,31)39-26-13-8-22(9-14-26)10-15-27-32-24(20-38-27)19-37-25-11-6-21(7-12-25)4-1-2-5-23-18-35(34-33-23)16-3-17-36/h6-15,18,20,36H,1-5,16-17,19H2. The third kappa shape index (κ3) is 9.60. The molecule has 0 radical (unpaired) electrons. The van der Waals surface area contributed by atoms with Gasteiger partial charge in [-0.25, -0.2) is 4.98 Å². The van der Waals surface area contributed by atoms with Crippen LogP contribution in [-0.4, -0.2) is 38.1 Å². The average Bonchev–Trinajstić information content (AvgIpc) is 3.57. The molecule has 0 aliphatic carbocycles. The summed E-state index contributed by atoms with van der Waals surface area (Å²) in [6.07, 6.45) is 6.56. The molecule has 0 atom stereocenters. The smallest absolute Gasteiger partial charge is 0.487 e. The van der Waals surface area contributed by atoms with Crippen molar-refractivity contribution in [2.75, 3.05) is 6.61 Å². The molecule has 0 bridgehead atoms. The van der Waals surface area contributed by atoms with Crippen molar-refractivity contribution < 1.29 is 32.2 Å². The number of hydrogen-bond acceptors (Lipinski definition) is 7. The first-order valence-electron chi connectivity index (χ1n) is 12.6. The Morgan fingerprint density at radius 2 is 1.64 bits per heavy atom. The number of aliphatic hydroxyl groups is 1. The fraction of sp³-hybridized carbons (Fsp3) is 0.321. The van der Waals surface area contributed by atoms with Crippen LogP contribution in [-0.2, 0) is 26.0 Å². The summed E-state index contributed by atoms with van der Waals surface area (Å²) >= 11 is 0. The lowest BCUT2D eigenvalue weighted by Gasteiger charge is -2.08. The van der Waals surface area contributed by atoms with E-state index < -0.39 is 6.36 Å². The average molecular weight is 543 g/mol. The van der Waals surface area contributed by atoms with Crippen LogP contribution in [0.25, 0.3) is 12.2 Å². The number of hydrogen-bond donors (Lipinski definition) is 1. The first kappa shape index (κ1) is 27.9. The molecule has 0 aliphatic rings. The fourth-order valence-corrected chi connectivity index (χ4v) is 3.75. The minimum Gasteiger partial charge on any atom is -0.487 e. The van der Waals surface area contributed by atoms with Crippen LogP contribution < -0.4 is 9.47 Å². The van der Waals surface area contributed by atoms with Gasteiger partial charge in [-0.05, 0) is 73.6 Å². The van der Waals surface area contributed by atoms with Crippen LogP contribution in [0.5, 0.6) is 11.5 Å². The molecule has 2 aromatic heterocycles. The normalized spacial score (nSPS) is 11.8. The van der Waals surface area contributed by atoms with Crippen molar-refractivity contribution in [3.05, 3.63) is 89.4 Å². The Labute approximate surface area is 223 Å². The number of oxazole rings is 1. The Balaban J connectivity index is 1.16. The number of nitrogens with zero attached hydrogens (tertiary/aromatic N) is 4. The molecular weight excluding hydrogens is 513 g/mol. The lowest BCUT2D eigenvalue weighted by Crippen LogP contribution is -2.16. The molecule has 4 aromatic rings. The summed E-state index contributed by atoms with van der Waals surface area (Å²) in [4.78, 5) is 4.34.